The van der Waals surface area contributed by atoms with Crippen LogP contribution in [0.15, 0.2) is 23.8 Å². The molecule has 4 heteroatoms. The van der Waals surface area contributed by atoms with E-state index in [0.29, 0.717) is 41.8 Å². The lowest BCUT2D eigenvalue weighted by molar-refractivity contribution is -0.132. The molecule has 0 heterocycles. The standard InChI is InChI=1S/C24H30O4/c1-22-6-4-14-15-3-2-13(25)10-18(15)23(8-9-23)12-17(14)21(22)16-11-19(16)24(22,28)7-5-20(26)27/h5,7,10,14-17,19,21,28H,2-4,6,8-9,11-12H2,1H3,(H,26,27)/b7-5-/t14-,15-,16-,17-,19+,21+,22+,24+/m1/s1. The van der Waals surface area contributed by atoms with Crippen LogP contribution in [0.3, 0.4) is 0 Å². The number of carboxylic acid groups (broad SMARTS) is 1. The summed E-state index contributed by atoms with van der Waals surface area (Å²) in [6, 6.07) is 0. The van der Waals surface area contributed by atoms with Crippen molar-refractivity contribution in [3.05, 3.63) is 23.8 Å². The summed E-state index contributed by atoms with van der Waals surface area (Å²) in [6.45, 7) is 2.24. The molecule has 0 aromatic carbocycles. The number of carboxylic acids is 1. The number of ketones is 1. The first-order valence-electron chi connectivity index (χ1n) is 11.2. The van der Waals surface area contributed by atoms with E-state index in [0.717, 1.165) is 25.7 Å². The summed E-state index contributed by atoms with van der Waals surface area (Å²) in [6.07, 6.45) is 13.3. The first kappa shape index (κ1) is 17.4. The summed E-state index contributed by atoms with van der Waals surface area (Å²) in [5.41, 5.74) is 0.582. The monoisotopic (exact) mass is 382 g/mol. The molecule has 6 aliphatic carbocycles. The van der Waals surface area contributed by atoms with E-state index in [2.05, 4.69) is 6.92 Å². The van der Waals surface area contributed by atoms with Crippen molar-refractivity contribution < 1.29 is 19.8 Å². The van der Waals surface area contributed by atoms with Crippen LogP contribution in [0.4, 0.5) is 0 Å². The number of hydrogen-bond acceptors (Lipinski definition) is 3. The van der Waals surface area contributed by atoms with Crippen LogP contribution < -0.4 is 0 Å². The Morgan fingerprint density at radius 3 is 2.68 bits per heavy atom. The molecule has 6 aliphatic rings. The van der Waals surface area contributed by atoms with Crippen molar-refractivity contribution in [2.45, 2.75) is 63.9 Å². The van der Waals surface area contributed by atoms with E-state index in [1.807, 2.05) is 6.08 Å². The second kappa shape index (κ2) is 5.19. The third kappa shape index (κ3) is 2.00. The Balaban J connectivity index is 1.39. The Morgan fingerprint density at radius 2 is 1.96 bits per heavy atom. The number of fused-ring (bicyclic) bond motifs is 8. The van der Waals surface area contributed by atoms with Gasteiger partial charge in [-0.05, 0) is 98.0 Å². The molecule has 0 unspecified atom stereocenters. The van der Waals surface area contributed by atoms with E-state index in [1.54, 1.807) is 6.08 Å². The molecule has 28 heavy (non-hydrogen) atoms. The summed E-state index contributed by atoms with van der Waals surface area (Å²) in [7, 11) is 0. The number of carbonyl (C=O) groups is 2. The predicted octanol–water partition coefficient (Wildman–Crippen LogP) is 3.75. The van der Waals surface area contributed by atoms with Crippen LogP contribution in [0.2, 0.25) is 0 Å². The van der Waals surface area contributed by atoms with Gasteiger partial charge in [-0.15, -0.1) is 0 Å². The molecular weight excluding hydrogens is 352 g/mol. The number of carbonyl (C=O) groups excluding carboxylic acids is 1. The van der Waals surface area contributed by atoms with E-state index in [9.17, 15) is 14.7 Å². The Labute approximate surface area is 166 Å². The summed E-state index contributed by atoms with van der Waals surface area (Å²) < 4.78 is 0. The normalized spacial score (nSPS) is 52.5. The molecule has 8 atom stereocenters. The molecule has 2 N–H and O–H groups in total. The van der Waals surface area contributed by atoms with Crippen molar-refractivity contribution in [2.24, 2.45) is 46.3 Å². The van der Waals surface area contributed by atoms with Crippen molar-refractivity contribution in [3.63, 3.8) is 0 Å². The average molecular weight is 383 g/mol. The first-order chi connectivity index (χ1) is 13.3. The molecule has 4 nitrogen and oxygen atoms in total. The fourth-order valence-electron chi connectivity index (χ4n) is 8.68. The van der Waals surface area contributed by atoms with Gasteiger partial charge in [-0.2, -0.15) is 0 Å². The Kier molecular flexibility index (Phi) is 3.23. The van der Waals surface area contributed by atoms with Gasteiger partial charge in [0.05, 0.1) is 5.60 Å². The smallest absolute Gasteiger partial charge is 0.328 e. The Hall–Kier alpha value is -1.42. The number of allylic oxidation sites excluding steroid dienone is 1. The van der Waals surface area contributed by atoms with Gasteiger partial charge in [0.1, 0.15) is 0 Å². The fraction of sp³-hybridized carbons (Fsp3) is 0.750. The minimum Gasteiger partial charge on any atom is -0.478 e. The van der Waals surface area contributed by atoms with E-state index >= 15 is 0 Å². The van der Waals surface area contributed by atoms with Crippen LogP contribution in [0.5, 0.6) is 0 Å². The largest absolute Gasteiger partial charge is 0.478 e. The highest BCUT2D eigenvalue weighted by molar-refractivity contribution is 5.91. The zero-order chi connectivity index (χ0) is 19.5. The van der Waals surface area contributed by atoms with Crippen LogP contribution in [-0.2, 0) is 9.59 Å². The van der Waals surface area contributed by atoms with Crippen molar-refractivity contribution in [3.8, 4) is 0 Å². The average Bonchev–Trinajstić information content (AvgIpc) is 3.56. The summed E-state index contributed by atoms with van der Waals surface area (Å²) >= 11 is 0. The third-order valence-electron chi connectivity index (χ3n) is 10.0. The fourth-order valence-corrected chi connectivity index (χ4v) is 8.68. The quantitative estimate of drug-likeness (QED) is 0.714. The second-order valence-electron chi connectivity index (χ2n) is 11.0. The Morgan fingerprint density at radius 1 is 1.18 bits per heavy atom. The summed E-state index contributed by atoms with van der Waals surface area (Å²) in [4.78, 5) is 23.3. The molecule has 0 saturated heterocycles. The molecule has 0 bridgehead atoms. The molecule has 0 radical (unpaired) electrons. The van der Waals surface area contributed by atoms with E-state index in [1.165, 1.54) is 30.9 Å². The van der Waals surface area contributed by atoms with E-state index < -0.39 is 11.6 Å². The lowest BCUT2D eigenvalue weighted by Gasteiger charge is -2.58. The molecule has 0 aromatic heterocycles. The van der Waals surface area contributed by atoms with Crippen LogP contribution in [0.25, 0.3) is 0 Å². The van der Waals surface area contributed by atoms with Crippen LogP contribution in [-0.4, -0.2) is 27.6 Å². The molecule has 5 saturated carbocycles. The second-order valence-corrected chi connectivity index (χ2v) is 11.0. The number of aliphatic carboxylic acids is 1. The molecule has 1 spiro atoms. The van der Waals surface area contributed by atoms with E-state index in [-0.39, 0.29) is 16.7 Å². The lowest BCUT2D eigenvalue weighted by Crippen LogP contribution is -2.55. The van der Waals surface area contributed by atoms with Crippen molar-refractivity contribution >= 4 is 11.8 Å². The molecular formula is C24H30O4. The number of rotatable bonds is 2. The van der Waals surface area contributed by atoms with Crippen LogP contribution in [0, 0.1) is 46.3 Å². The van der Waals surface area contributed by atoms with Crippen molar-refractivity contribution in [2.75, 3.05) is 0 Å². The Bertz CT molecular complexity index is 836. The zero-order valence-corrected chi connectivity index (χ0v) is 16.6. The molecule has 0 aromatic rings. The van der Waals surface area contributed by atoms with Gasteiger partial charge in [-0.25, -0.2) is 4.79 Å². The van der Waals surface area contributed by atoms with E-state index in [4.69, 9.17) is 5.11 Å². The molecule has 150 valence electrons. The van der Waals surface area contributed by atoms with Crippen molar-refractivity contribution in [1.82, 2.24) is 0 Å². The minimum atomic E-state index is -0.971. The van der Waals surface area contributed by atoms with Gasteiger partial charge in [-0.1, -0.05) is 12.5 Å². The van der Waals surface area contributed by atoms with Gasteiger partial charge in [-0.3, -0.25) is 4.79 Å². The molecule has 5 fully saturated rings. The summed E-state index contributed by atoms with van der Waals surface area (Å²) in [5, 5.41) is 20.9. The maximum absolute atomic E-state index is 12.1. The predicted molar refractivity (Wildman–Crippen MR) is 103 cm³/mol. The highest BCUT2D eigenvalue weighted by atomic mass is 16.4. The number of aliphatic hydroxyl groups is 1. The van der Waals surface area contributed by atoms with Gasteiger partial charge in [0.25, 0.3) is 0 Å². The molecule has 6 rings (SSSR count). The molecule has 0 aliphatic heterocycles. The van der Waals surface area contributed by atoms with Crippen LogP contribution >= 0.6 is 0 Å². The number of hydrogen-bond donors (Lipinski definition) is 2. The van der Waals surface area contributed by atoms with Gasteiger partial charge in [0, 0.05) is 17.9 Å². The maximum atomic E-state index is 12.1. The van der Waals surface area contributed by atoms with Gasteiger partial charge in [0.2, 0.25) is 0 Å². The molecule has 0 amide bonds. The van der Waals surface area contributed by atoms with Crippen LogP contribution in [0.1, 0.15) is 58.3 Å². The third-order valence-corrected chi connectivity index (χ3v) is 10.0. The first-order valence-corrected chi connectivity index (χ1v) is 11.2. The highest BCUT2D eigenvalue weighted by Gasteiger charge is 2.76. The maximum Gasteiger partial charge on any atom is 0.328 e. The summed E-state index contributed by atoms with van der Waals surface area (Å²) in [5.74, 6) is 2.48. The zero-order valence-electron chi connectivity index (χ0n) is 16.6. The minimum absolute atomic E-state index is 0.213. The van der Waals surface area contributed by atoms with Gasteiger partial charge < -0.3 is 10.2 Å². The topological polar surface area (TPSA) is 74.6 Å². The van der Waals surface area contributed by atoms with Gasteiger partial charge in [0.15, 0.2) is 5.78 Å². The van der Waals surface area contributed by atoms with Crippen molar-refractivity contribution in [1.29, 1.82) is 0 Å². The lowest BCUT2D eigenvalue weighted by atomic mass is 9.47. The van der Waals surface area contributed by atoms with Gasteiger partial charge >= 0.3 is 5.97 Å². The SMILES string of the molecule is C[C@]12CC[C@H]3[C@@H](CC4(CC4)C4=CC(=O)CC[C@@H]43)[C@@H]1[C@@H]1C[C@@H]1[C@@]2(O)/C=C\C(=O)O. The highest BCUT2D eigenvalue weighted by Crippen LogP contribution is 2.78.